The van der Waals surface area contributed by atoms with Crippen molar-refractivity contribution >= 4 is 11.6 Å². The highest BCUT2D eigenvalue weighted by Crippen LogP contribution is 2.37. The van der Waals surface area contributed by atoms with Gasteiger partial charge < -0.3 is 0 Å². The molecule has 3 aromatic carbocycles. The van der Waals surface area contributed by atoms with Crippen molar-refractivity contribution in [1.82, 2.24) is 25.1 Å². The molecule has 0 amide bonds. The van der Waals surface area contributed by atoms with Gasteiger partial charge in [-0.2, -0.15) is 13.2 Å². The van der Waals surface area contributed by atoms with Gasteiger partial charge in [0.05, 0.1) is 17.6 Å². The lowest BCUT2D eigenvalue weighted by atomic mass is 9.94. The topological polar surface area (TPSA) is 46.8 Å². The lowest BCUT2D eigenvalue weighted by Crippen LogP contribution is -2.32. The number of rotatable bonds is 8. The van der Waals surface area contributed by atoms with Crippen LogP contribution in [0.15, 0.2) is 78.9 Å². The average Bonchev–Trinajstić information content (AvgIpc) is 3.40. The van der Waals surface area contributed by atoms with Crippen molar-refractivity contribution in [3.8, 4) is 0 Å². The highest BCUT2D eigenvalue weighted by atomic mass is 35.5. The largest absolute Gasteiger partial charge is 0.416 e. The predicted octanol–water partition coefficient (Wildman–Crippen LogP) is 7.64. The molecule has 0 bridgehead atoms. The summed E-state index contributed by atoms with van der Waals surface area (Å²) < 4.78 is 43.3. The molecular weight excluding hydrogens is 511 g/mol. The highest BCUT2D eigenvalue weighted by molar-refractivity contribution is 6.30. The molecule has 1 aliphatic carbocycles. The number of alkyl halides is 3. The summed E-state index contributed by atoms with van der Waals surface area (Å²) >= 11 is 6.13. The van der Waals surface area contributed by atoms with Gasteiger partial charge in [-0.1, -0.05) is 85.5 Å². The zero-order valence-corrected chi connectivity index (χ0v) is 21.6. The van der Waals surface area contributed by atoms with E-state index in [0.29, 0.717) is 29.5 Å². The molecule has 1 aliphatic rings. The average molecular weight is 540 g/mol. The third kappa shape index (κ3) is 6.25. The molecule has 38 heavy (non-hydrogen) atoms. The van der Waals surface area contributed by atoms with Crippen LogP contribution in [-0.4, -0.2) is 25.1 Å². The third-order valence-corrected chi connectivity index (χ3v) is 7.36. The van der Waals surface area contributed by atoms with E-state index in [1.807, 2.05) is 59.3 Å². The molecule has 1 atom stereocenters. The molecular formula is C29H29ClF3N5. The van der Waals surface area contributed by atoms with Crippen molar-refractivity contribution in [3.63, 3.8) is 0 Å². The van der Waals surface area contributed by atoms with Crippen molar-refractivity contribution in [1.29, 1.82) is 0 Å². The Labute approximate surface area is 225 Å². The van der Waals surface area contributed by atoms with Crippen LogP contribution in [0.1, 0.15) is 72.3 Å². The van der Waals surface area contributed by atoms with E-state index in [2.05, 4.69) is 20.4 Å². The first-order chi connectivity index (χ1) is 18.4. The van der Waals surface area contributed by atoms with Crippen molar-refractivity contribution in [2.75, 3.05) is 0 Å². The van der Waals surface area contributed by atoms with Gasteiger partial charge in [0.25, 0.3) is 0 Å². The van der Waals surface area contributed by atoms with Crippen molar-refractivity contribution in [2.24, 2.45) is 0 Å². The van der Waals surface area contributed by atoms with Crippen LogP contribution in [0.2, 0.25) is 5.02 Å². The highest BCUT2D eigenvalue weighted by Gasteiger charge is 2.35. The minimum Gasteiger partial charge on any atom is -0.281 e. The van der Waals surface area contributed by atoms with E-state index >= 15 is 0 Å². The zero-order chi connectivity index (χ0) is 26.5. The number of nitrogens with zero attached hydrogens (tertiary/aromatic N) is 5. The fourth-order valence-electron chi connectivity index (χ4n) is 5.26. The lowest BCUT2D eigenvalue weighted by Gasteiger charge is -2.33. The summed E-state index contributed by atoms with van der Waals surface area (Å²) in [5.41, 5.74) is 1.83. The summed E-state index contributed by atoms with van der Waals surface area (Å²) in [6.07, 6.45) is 0.762. The van der Waals surface area contributed by atoms with E-state index in [9.17, 15) is 13.2 Å². The summed E-state index contributed by atoms with van der Waals surface area (Å²) in [5, 5.41) is 13.4. The van der Waals surface area contributed by atoms with Crippen LogP contribution in [0.5, 0.6) is 0 Å². The van der Waals surface area contributed by atoms with Crippen LogP contribution in [0.3, 0.4) is 0 Å². The van der Waals surface area contributed by atoms with E-state index in [-0.39, 0.29) is 6.04 Å². The molecule has 1 saturated carbocycles. The molecule has 198 valence electrons. The second-order valence-electron chi connectivity index (χ2n) is 9.82. The van der Waals surface area contributed by atoms with Gasteiger partial charge in [0.2, 0.25) is 0 Å². The van der Waals surface area contributed by atoms with E-state index < -0.39 is 17.8 Å². The van der Waals surface area contributed by atoms with Gasteiger partial charge in [-0.15, -0.1) is 5.10 Å². The Morgan fingerprint density at radius 2 is 1.55 bits per heavy atom. The van der Waals surface area contributed by atoms with Gasteiger partial charge >= 0.3 is 6.18 Å². The Balaban J connectivity index is 1.63. The number of benzene rings is 3. The Bertz CT molecular complexity index is 1320. The Morgan fingerprint density at radius 1 is 0.868 bits per heavy atom. The molecule has 1 unspecified atom stereocenters. The van der Waals surface area contributed by atoms with Crippen LogP contribution >= 0.6 is 11.6 Å². The molecule has 1 fully saturated rings. The third-order valence-electron chi connectivity index (χ3n) is 7.11. The quantitative estimate of drug-likeness (QED) is 0.231. The molecule has 1 aromatic heterocycles. The zero-order valence-electron chi connectivity index (χ0n) is 20.9. The standard InChI is InChI=1S/C29H29ClF3N5/c30-25-16-14-22(15-17-25)20-37(19-21-8-3-1-4-9-21)27(23-10-7-11-24(18-23)29(31,32)33)28-34-35-36-38(28)26-12-5-2-6-13-26/h1,3-4,7-11,14-18,26-27H,2,5-6,12-13,19-20H2. The SMILES string of the molecule is FC(F)(F)c1cccc(C(c2nnnn2C2CCCCC2)N(Cc2ccccc2)Cc2ccc(Cl)cc2)c1. The first-order valence-corrected chi connectivity index (χ1v) is 13.2. The second kappa shape index (κ2) is 11.7. The minimum absolute atomic E-state index is 0.121. The van der Waals surface area contributed by atoms with Crippen molar-refractivity contribution in [3.05, 3.63) is 112 Å². The summed E-state index contributed by atoms with van der Waals surface area (Å²) in [7, 11) is 0. The number of halogens is 4. The molecule has 5 rings (SSSR count). The van der Waals surface area contributed by atoms with Crippen LogP contribution in [0.4, 0.5) is 13.2 Å². The van der Waals surface area contributed by atoms with E-state index in [0.717, 1.165) is 42.9 Å². The Kier molecular flexibility index (Phi) is 8.09. The maximum Gasteiger partial charge on any atom is 0.416 e. The van der Waals surface area contributed by atoms with Gasteiger partial charge in [-0.25, -0.2) is 4.68 Å². The summed E-state index contributed by atoms with van der Waals surface area (Å²) in [4.78, 5) is 2.14. The van der Waals surface area contributed by atoms with E-state index in [1.165, 1.54) is 18.6 Å². The van der Waals surface area contributed by atoms with Gasteiger partial charge in [0.1, 0.15) is 0 Å². The van der Waals surface area contributed by atoms with Crippen molar-refractivity contribution < 1.29 is 13.2 Å². The number of tetrazole rings is 1. The van der Waals surface area contributed by atoms with Crippen molar-refractivity contribution in [2.45, 2.75) is 63.5 Å². The maximum atomic E-state index is 13.8. The summed E-state index contributed by atoms with van der Waals surface area (Å²) in [6, 6.07) is 22.5. The second-order valence-corrected chi connectivity index (χ2v) is 10.3. The van der Waals surface area contributed by atoms with Gasteiger partial charge in [0.15, 0.2) is 5.82 Å². The van der Waals surface area contributed by atoms with E-state index in [4.69, 9.17) is 11.6 Å². The van der Waals surface area contributed by atoms with Gasteiger partial charge in [-0.05, 0) is 64.2 Å². The van der Waals surface area contributed by atoms with Gasteiger partial charge in [0, 0.05) is 18.1 Å². The molecule has 0 radical (unpaired) electrons. The fraction of sp³-hybridized carbons (Fsp3) is 0.345. The van der Waals surface area contributed by atoms with E-state index in [1.54, 1.807) is 6.07 Å². The number of aromatic nitrogens is 4. The number of hydrogen-bond donors (Lipinski definition) is 0. The summed E-state index contributed by atoms with van der Waals surface area (Å²) in [5.74, 6) is 0.557. The molecule has 0 N–H and O–H groups in total. The van der Waals surface area contributed by atoms with Crippen LogP contribution in [0, 0.1) is 0 Å². The maximum absolute atomic E-state index is 13.8. The summed E-state index contributed by atoms with van der Waals surface area (Å²) in [6.45, 7) is 0.951. The van der Waals surface area contributed by atoms with Gasteiger partial charge in [-0.3, -0.25) is 4.90 Å². The Morgan fingerprint density at radius 3 is 2.24 bits per heavy atom. The molecule has 9 heteroatoms. The molecule has 0 spiro atoms. The molecule has 5 nitrogen and oxygen atoms in total. The minimum atomic E-state index is -4.46. The predicted molar refractivity (Wildman–Crippen MR) is 140 cm³/mol. The first-order valence-electron chi connectivity index (χ1n) is 12.9. The first kappa shape index (κ1) is 26.4. The van der Waals surface area contributed by atoms with Crippen LogP contribution in [0.25, 0.3) is 0 Å². The fourth-order valence-corrected chi connectivity index (χ4v) is 5.38. The monoisotopic (exact) mass is 539 g/mol. The Hall–Kier alpha value is -3.23. The van der Waals surface area contributed by atoms with Crippen LogP contribution < -0.4 is 0 Å². The lowest BCUT2D eigenvalue weighted by molar-refractivity contribution is -0.137. The normalized spacial score (nSPS) is 15.6. The molecule has 0 aliphatic heterocycles. The molecule has 1 heterocycles. The molecule has 4 aromatic rings. The number of hydrogen-bond acceptors (Lipinski definition) is 4. The van der Waals surface area contributed by atoms with Crippen LogP contribution in [-0.2, 0) is 19.3 Å². The smallest absolute Gasteiger partial charge is 0.281 e. The molecule has 0 saturated heterocycles.